The highest BCUT2D eigenvalue weighted by Gasteiger charge is 2.51. The number of anilines is 1. The van der Waals surface area contributed by atoms with Crippen LogP contribution in [0, 0.1) is 0 Å². The minimum atomic E-state index is -0.717. The number of alkyl halides is 1. The van der Waals surface area contributed by atoms with E-state index in [1.54, 1.807) is 0 Å². The first-order valence-electron chi connectivity index (χ1n) is 7.63. The predicted molar refractivity (Wildman–Crippen MR) is 83.9 cm³/mol. The van der Waals surface area contributed by atoms with Crippen LogP contribution in [0.3, 0.4) is 0 Å². The van der Waals surface area contributed by atoms with Crippen molar-refractivity contribution in [2.24, 2.45) is 0 Å². The van der Waals surface area contributed by atoms with Crippen molar-refractivity contribution in [3.8, 4) is 0 Å². The molecule has 0 radical (unpaired) electrons. The van der Waals surface area contributed by atoms with Crippen LogP contribution in [0.1, 0.15) is 34.1 Å². The van der Waals surface area contributed by atoms with Crippen LogP contribution in [0.25, 0.3) is 0 Å². The summed E-state index contributed by atoms with van der Waals surface area (Å²) in [6, 6.07) is 8.07. The monoisotopic (exact) mass is 291 g/mol. The summed E-state index contributed by atoms with van der Waals surface area (Å²) in [5, 5.41) is 0. The number of benzene rings is 1. The summed E-state index contributed by atoms with van der Waals surface area (Å²) in [6.45, 7) is 9.44. The van der Waals surface area contributed by atoms with E-state index in [-0.39, 0.29) is 18.3 Å². The van der Waals surface area contributed by atoms with Gasteiger partial charge in [-0.2, -0.15) is 0 Å². The van der Waals surface area contributed by atoms with Gasteiger partial charge in [0.25, 0.3) is 0 Å². The second kappa shape index (κ2) is 4.99. The number of nitrogens with zero attached hydrogens (tertiary/aromatic N) is 1. The molecule has 3 nitrogen and oxygen atoms in total. The molecule has 2 aliphatic rings. The molecule has 2 heterocycles. The summed E-state index contributed by atoms with van der Waals surface area (Å²) in [7, 11) is -0.362. The summed E-state index contributed by atoms with van der Waals surface area (Å²) in [5.74, 6) is 0. The van der Waals surface area contributed by atoms with Gasteiger partial charge in [-0.3, -0.25) is 0 Å². The Hall–Kier alpha value is -1.07. The average molecular weight is 291 g/mol. The van der Waals surface area contributed by atoms with Gasteiger partial charge in [0.2, 0.25) is 0 Å². The van der Waals surface area contributed by atoms with Crippen LogP contribution >= 0.6 is 0 Å². The first-order chi connectivity index (χ1) is 9.78. The van der Waals surface area contributed by atoms with Gasteiger partial charge in [0.05, 0.1) is 11.2 Å². The molecular formula is C16H23BFNO2. The van der Waals surface area contributed by atoms with Crippen LogP contribution in [-0.4, -0.2) is 37.6 Å². The van der Waals surface area contributed by atoms with Gasteiger partial charge in [0, 0.05) is 18.8 Å². The molecule has 3 rings (SSSR count). The zero-order valence-corrected chi connectivity index (χ0v) is 13.2. The van der Waals surface area contributed by atoms with Crippen molar-refractivity contribution < 1.29 is 13.7 Å². The molecule has 0 aliphatic carbocycles. The molecule has 0 spiro atoms. The van der Waals surface area contributed by atoms with E-state index >= 15 is 0 Å². The second-order valence-electron chi connectivity index (χ2n) is 7.02. The van der Waals surface area contributed by atoms with Crippen molar-refractivity contribution in [1.29, 1.82) is 0 Å². The zero-order chi connectivity index (χ0) is 15.3. The van der Waals surface area contributed by atoms with E-state index in [0.29, 0.717) is 13.0 Å². The predicted octanol–water partition coefficient (Wildman–Crippen LogP) is 2.53. The minimum Gasteiger partial charge on any atom is -0.399 e. The van der Waals surface area contributed by atoms with Crippen molar-refractivity contribution >= 4 is 18.3 Å². The van der Waals surface area contributed by atoms with Crippen LogP contribution in [0.15, 0.2) is 24.3 Å². The lowest BCUT2D eigenvalue weighted by Crippen LogP contribution is -2.41. The molecule has 21 heavy (non-hydrogen) atoms. The van der Waals surface area contributed by atoms with Crippen molar-refractivity contribution in [2.75, 3.05) is 18.0 Å². The molecule has 0 unspecified atom stereocenters. The molecule has 0 saturated carbocycles. The summed E-state index contributed by atoms with van der Waals surface area (Å²) in [4.78, 5) is 2.08. The second-order valence-corrected chi connectivity index (χ2v) is 7.02. The number of hydrogen-bond donors (Lipinski definition) is 0. The van der Waals surface area contributed by atoms with E-state index in [1.807, 2.05) is 45.9 Å². The van der Waals surface area contributed by atoms with Gasteiger partial charge in [-0.15, -0.1) is 0 Å². The molecule has 1 aromatic rings. The Morgan fingerprint density at radius 2 is 1.86 bits per heavy atom. The third-order valence-electron chi connectivity index (χ3n) is 4.89. The minimum absolute atomic E-state index is 0.342. The molecule has 1 aromatic carbocycles. The van der Waals surface area contributed by atoms with E-state index in [2.05, 4.69) is 11.0 Å². The molecule has 0 amide bonds. The van der Waals surface area contributed by atoms with Gasteiger partial charge >= 0.3 is 7.12 Å². The lowest BCUT2D eigenvalue weighted by molar-refractivity contribution is 0.00578. The van der Waals surface area contributed by atoms with Crippen LogP contribution < -0.4 is 10.4 Å². The molecule has 5 heteroatoms. The highest BCUT2D eigenvalue weighted by atomic mass is 19.1. The Morgan fingerprint density at radius 3 is 2.43 bits per heavy atom. The molecule has 2 saturated heterocycles. The van der Waals surface area contributed by atoms with E-state index < -0.39 is 6.17 Å². The van der Waals surface area contributed by atoms with Crippen molar-refractivity contribution in [1.82, 2.24) is 0 Å². The SMILES string of the molecule is CC1(C)OB(c2cccc(N3CC[C@@H](F)C3)c2)OC1(C)C. The number of rotatable bonds is 2. The van der Waals surface area contributed by atoms with E-state index in [9.17, 15) is 4.39 Å². The zero-order valence-electron chi connectivity index (χ0n) is 13.2. The maximum Gasteiger partial charge on any atom is 0.494 e. The molecule has 2 fully saturated rings. The highest BCUT2D eigenvalue weighted by molar-refractivity contribution is 6.62. The van der Waals surface area contributed by atoms with Gasteiger partial charge in [-0.05, 0) is 51.7 Å². The Morgan fingerprint density at radius 1 is 1.19 bits per heavy atom. The normalized spacial score (nSPS) is 27.4. The number of hydrogen-bond acceptors (Lipinski definition) is 3. The lowest BCUT2D eigenvalue weighted by Gasteiger charge is -2.32. The van der Waals surface area contributed by atoms with Crippen molar-refractivity contribution in [3.63, 3.8) is 0 Å². The molecule has 114 valence electrons. The Kier molecular flexibility index (Phi) is 3.53. The Bertz CT molecular complexity index is 519. The summed E-state index contributed by atoms with van der Waals surface area (Å²) in [6.07, 6.45) is -0.105. The first kappa shape index (κ1) is 14.9. The number of halogens is 1. The van der Waals surface area contributed by atoms with Crippen LogP contribution in [0.5, 0.6) is 0 Å². The third kappa shape index (κ3) is 2.69. The fourth-order valence-electron chi connectivity index (χ4n) is 2.80. The van der Waals surface area contributed by atoms with Gasteiger partial charge < -0.3 is 14.2 Å². The summed E-state index contributed by atoms with van der Waals surface area (Å²) in [5.41, 5.74) is 1.35. The largest absolute Gasteiger partial charge is 0.494 e. The Balaban J connectivity index is 1.81. The van der Waals surface area contributed by atoms with Gasteiger partial charge in [0.1, 0.15) is 6.17 Å². The fourth-order valence-corrected chi connectivity index (χ4v) is 2.80. The third-order valence-corrected chi connectivity index (χ3v) is 4.89. The van der Waals surface area contributed by atoms with Crippen molar-refractivity contribution in [2.45, 2.75) is 51.5 Å². The highest BCUT2D eigenvalue weighted by Crippen LogP contribution is 2.36. The molecule has 1 atom stereocenters. The van der Waals surface area contributed by atoms with Crippen LogP contribution in [-0.2, 0) is 9.31 Å². The molecule has 0 N–H and O–H groups in total. The van der Waals surface area contributed by atoms with Crippen LogP contribution in [0.2, 0.25) is 0 Å². The quantitative estimate of drug-likeness (QED) is 0.782. The van der Waals surface area contributed by atoms with E-state index in [0.717, 1.165) is 17.7 Å². The smallest absolute Gasteiger partial charge is 0.399 e. The molecule has 0 aromatic heterocycles. The summed E-state index contributed by atoms with van der Waals surface area (Å²) < 4.78 is 25.5. The maximum atomic E-state index is 13.4. The lowest BCUT2D eigenvalue weighted by atomic mass is 9.79. The van der Waals surface area contributed by atoms with Gasteiger partial charge in [0.15, 0.2) is 0 Å². The van der Waals surface area contributed by atoms with E-state index in [4.69, 9.17) is 9.31 Å². The fraction of sp³-hybridized carbons (Fsp3) is 0.625. The standard InChI is InChI=1S/C16H23BFNO2/c1-15(2)16(3,4)21-17(20-15)12-6-5-7-14(10-12)19-9-8-13(18)11-19/h5-7,10,13H,8-9,11H2,1-4H3/t13-/m1/s1. The first-order valence-corrected chi connectivity index (χ1v) is 7.63. The summed E-state index contributed by atoms with van der Waals surface area (Å²) >= 11 is 0. The van der Waals surface area contributed by atoms with Crippen LogP contribution in [0.4, 0.5) is 10.1 Å². The molecule has 0 bridgehead atoms. The topological polar surface area (TPSA) is 21.7 Å². The molecule has 2 aliphatic heterocycles. The maximum absolute atomic E-state index is 13.4. The average Bonchev–Trinajstić information content (AvgIpc) is 2.92. The van der Waals surface area contributed by atoms with Crippen molar-refractivity contribution in [3.05, 3.63) is 24.3 Å². The van der Waals surface area contributed by atoms with Gasteiger partial charge in [-0.25, -0.2) is 4.39 Å². The van der Waals surface area contributed by atoms with E-state index in [1.165, 1.54) is 0 Å². The van der Waals surface area contributed by atoms with Gasteiger partial charge in [-0.1, -0.05) is 12.1 Å². The molecular weight excluding hydrogens is 268 g/mol. The Labute approximate surface area is 126 Å².